The molecule has 14 heteroatoms. The molecule has 138 valence electrons. The third-order valence-electron chi connectivity index (χ3n) is 2.36. The van der Waals surface area contributed by atoms with E-state index in [0.29, 0.717) is 15.9 Å². The first-order valence-electron chi connectivity index (χ1n) is 6.19. The van der Waals surface area contributed by atoms with E-state index >= 15 is 0 Å². The van der Waals surface area contributed by atoms with Gasteiger partial charge in [0.15, 0.2) is 0 Å². The molecule has 0 saturated heterocycles. The number of halogens is 6. The predicted molar refractivity (Wildman–Crippen MR) is 76.3 cm³/mol. The molecule has 2 aromatic rings. The molecule has 2 heterocycles. The van der Waals surface area contributed by atoms with Crippen molar-refractivity contribution in [1.29, 1.82) is 0 Å². The second-order valence-electron chi connectivity index (χ2n) is 5.09. The molecule has 0 aliphatic carbocycles. The number of hydrogen-bond acceptors (Lipinski definition) is 3. The van der Waals surface area contributed by atoms with Gasteiger partial charge in [-0.3, -0.25) is 9.48 Å². The predicted octanol–water partition coefficient (Wildman–Crippen LogP) is 2.48. The molecule has 24 heavy (non-hydrogen) atoms. The SMILES string of the molecule is CN(C)C(n1nnc2c1ccc[n+]2[O-])=[N+](C)C.F[P-](F)(F)(F)(F)F. The quantitative estimate of drug-likeness (QED) is 0.176. The zero-order valence-corrected chi connectivity index (χ0v) is 13.9. The van der Waals surface area contributed by atoms with Crippen LogP contribution in [0.1, 0.15) is 0 Å². The van der Waals surface area contributed by atoms with Crippen molar-refractivity contribution in [2.24, 2.45) is 0 Å². The van der Waals surface area contributed by atoms with E-state index in [-0.39, 0.29) is 0 Å². The third-order valence-corrected chi connectivity index (χ3v) is 2.36. The fourth-order valence-corrected chi connectivity index (χ4v) is 1.79. The molecule has 0 bridgehead atoms. The van der Waals surface area contributed by atoms with Gasteiger partial charge >= 0.3 is 44.6 Å². The second kappa shape index (κ2) is 5.43. The molecule has 0 spiro atoms. The molecule has 0 radical (unpaired) electrons. The van der Waals surface area contributed by atoms with Gasteiger partial charge in [-0.15, -0.1) is 0 Å². The summed E-state index contributed by atoms with van der Waals surface area (Å²) in [5.41, 5.74) is 0.994. The molecule has 0 amide bonds. The minimum absolute atomic E-state index is 0.314. The Morgan fingerprint density at radius 2 is 1.71 bits per heavy atom. The first-order chi connectivity index (χ1) is 10.5. The van der Waals surface area contributed by atoms with Gasteiger partial charge in [-0.05, 0) is 12.1 Å². The number of nitrogens with zero attached hydrogens (tertiary/aromatic N) is 6. The standard InChI is InChI=1S/C10H15N6O.F6P/c1-13(2)10(14(3)4)16-8-6-5-7-15(17)9(8)11-12-16;1-7(2,3,4,5)6/h5-7H,1-4H3;/q+1;-1. The van der Waals surface area contributed by atoms with E-state index < -0.39 is 7.81 Å². The average Bonchev–Trinajstić information content (AvgIpc) is 2.69. The van der Waals surface area contributed by atoms with Gasteiger partial charge in [0.2, 0.25) is 5.52 Å². The number of aromatic nitrogens is 4. The van der Waals surface area contributed by atoms with E-state index in [2.05, 4.69) is 10.3 Å². The van der Waals surface area contributed by atoms with Gasteiger partial charge in [-0.2, -0.15) is 0 Å². The van der Waals surface area contributed by atoms with Gasteiger partial charge in [0, 0.05) is 0 Å². The Balaban J connectivity index is 0.000000351. The van der Waals surface area contributed by atoms with Crippen molar-refractivity contribution in [3.8, 4) is 0 Å². The van der Waals surface area contributed by atoms with Crippen LogP contribution in [0.3, 0.4) is 0 Å². The molecule has 0 N–H and O–H groups in total. The van der Waals surface area contributed by atoms with Gasteiger partial charge in [0.1, 0.15) is 10.3 Å². The molecule has 2 rings (SSSR count). The Labute approximate surface area is 132 Å². The average molecular weight is 380 g/mol. The summed E-state index contributed by atoms with van der Waals surface area (Å²) in [7, 11) is -3.00. The summed E-state index contributed by atoms with van der Waals surface area (Å²) in [4.78, 5) is 1.91. The molecular formula is C10H15F6N6OP. The summed E-state index contributed by atoms with van der Waals surface area (Å²) in [6.07, 6.45) is 1.41. The van der Waals surface area contributed by atoms with Crippen LogP contribution in [0.2, 0.25) is 0 Å². The van der Waals surface area contributed by atoms with Crippen LogP contribution < -0.4 is 4.73 Å². The molecule has 0 saturated carbocycles. The van der Waals surface area contributed by atoms with Crippen LogP contribution in [0.4, 0.5) is 25.2 Å². The number of fused-ring (bicyclic) bond motifs is 1. The Hall–Kier alpha value is -2.17. The summed E-state index contributed by atoms with van der Waals surface area (Å²) in [6, 6.07) is 3.49. The maximum absolute atomic E-state index is 11.5. The van der Waals surface area contributed by atoms with E-state index in [1.165, 1.54) is 6.20 Å². The van der Waals surface area contributed by atoms with Crippen LogP contribution in [0.25, 0.3) is 11.2 Å². The minimum atomic E-state index is -10.7. The Bertz CT molecular complexity index is 769. The molecule has 0 unspecified atom stereocenters. The molecule has 0 fully saturated rings. The van der Waals surface area contributed by atoms with Crippen LogP contribution in [0.15, 0.2) is 18.3 Å². The van der Waals surface area contributed by atoms with Gasteiger partial charge in [0.25, 0.3) is 0 Å². The van der Waals surface area contributed by atoms with Gasteiger partial charge < -0.3 is 5.21 Å². The van der Waals surface area contributed by atoms with Crippen molar-refractivity contribution in [2.75, 3.05) is 28.2 Å². The summed E-state index contributed by atoms with van der Waals surface area (Å²) in [6.45, 7) is 0. The van der Waals surface area contributed by atoms with Crippen LogP contribution >= 0.6 is 7.81 Å². The number of hydrogen-bond donors (Lipinski definition) is 0. The summed E-state index contributed by atoms with van der Waals surface area (Å²) in [5, 5.41) is 19.4. The van der Waals surface area contributed by atoms with E-state index in [4.69, 9.17) is 0 Å². The normalized spacial score (nSPS) is 14.2. The Morgan fingerprint density at radius 3 is 2.12 bits per heavy atom. The fraction of sp³-hybridized carbons (Fsp3) is 0.400. The van der Waals surface area contributed by atoms with E-state index in [1.54, 1.807) is 10.7 Å². The molecular weight excluding hydrogens is 365 g/mol. The first kappa shape index (κ1) is 19.9. The van der Waals surface area contributed by atoms with E-state index in [9.17, 15) is 30.4 Å². The maximum atomic E-state index is 11.5. The summed E-state index contributed by atoms with van der Waals surface area (Å²) >= 11 is 0. The fourth-order valence-electron chi connectivity index (χ4n) is 1.79. The van der Waals surface area contributed by atoms with Crippen molar-refractivity contribution in [3.63, 3.8) is 0 Å². The molecule has 0 aromatic carbocycles. The van der Waals surface area contributed by atoms with Gasteiger partial charge in [-0.25, -0.2) is 4.73 Å². The second-order valence-corrected chi connectivity index (χ2v) is 7.01. The molecule has 7 nitrogen and oxygen atoms in total. The number of pyridine rings is 1. The Morgan fingerprint density at radius 1 is 1.21 bits per heavy atom. The molecule has 0 aliphatic rings. The van der Waals surface area contributed by atoms with Crippen LogP contribution in [-0.2, 0) is 0 Å². The van der Waals surface area contributed by atoms with Crippen LogP contribution in [-0.4, -0.2) is 58.6 Å². The molecule has 0 aliphatic heterocycles. The van der Waals surface area contributed by atoms with E-state index in [1.807, 2.05) is 43.7 Å². The van der Waals surface area contributed by atoms with Gasteiger partial charge in [0.05, 0.1) is 34.4 Å². The van der Waals surface area contributed by atoms with Crippen LogP contribution in [0.5, 0.6) is 0 Å². The Kier molecular flexibility index (Phi) is 4.50. The van der Waals surface area contributed by atoms with E-state index in [0.717, 1.165) is 5.96 Å². The number of rotatable bonds is 0. The third kappa shape index (κ3) is 6.52. The van der Waals surface area contributed by atoms with Gasteiger partial charge in [-0.1, -0.05) is 4.68 Å². The van der Waals surface area contributed by atoms with Crippen molar-refractivity contribution in [3.05, 3.63) is 23.5 Å². The molecule has 2 aromatic heterocycles. The first-order valence-corrected chi connectivity index (χ1v) is 8.22. The summed E-state index contributed by atoms with van der Waals surface area (Å²) in [5.74, 6) is 0.832. The topological polar surface area (TPSA) is 63.9 Å². The zero-order chi connectivity index (χ0) is 19.0. The molecule has 0 atom stereocenters. The van der Waals surface area contributed by atoms with Crippen molar-refractivity contribution >= 4 is 24.9 Å². The van der Waals surface area contributed by atoms with Crippen molar-refractivity contribution in [1.82, 2.24) is 19.9 Å². The zero-order valence-electron chi connectivity index (χ0n) is 13.0. The monoisotopic (exact) mass is 380 g/mol. The van der Waals surface area contributed by atoms with Crippen molar-refractivity contribution in [2.45, 2.75) is 0 Å². The van der Waals surface area contributed by atoms with Crippen molar-refractivity contribution < 1.29 is 34.5 Å². The summed E-state index contributed by atoms with van der Waals surface area (Å²) < 4.78 is 63.5. The van der Waals surface area contributed by atoms with Crippen LogP contribution in [0, 0.1) is 5.21 Å².